The highest BCUT2D eigenvalue weighted by Crippen LogP contribution is 2.29. The van der Waals surface area contributed by atoms with Crippen LogP contribution in [0, 0.1) is 0 Å². The van der Waals surface area contributed by atoms with Crippen LogP contribution in [-0.2, 0) is 12.8 Å². The van der Waals surface area contributed by atoms with E-state index in [1.54, 1.807) is 25.3 Å². The van der Waals surface area contributed by atoms with Crippen LogP contribution in [0.1, 0.15) is 44.1 Å². The van der Waals surface area contributed by atoms with Gasteiger partial charge in [0.05, 0.1) is 18.5 Å². The molecule has 0 spiro atoms. The lowest BCUT2D eigenvalue weighted by Crippen LogP contribution is -2.14. The molecule has 0 unspecified atom stereocenters. The summed E-state index contributed by atoms with van der Waals surface area (Å²) < 4.78 is 5.15. The first-order valence-corrected chi connectivity index (χ1v) is 7.89. The molecule has 0 fully saturated rings. The summed E-state index contributed by atoms with van der Waals surface area (Å²) in [7, 11) is 1.54. The SMILES string of the molecule is COc1ccc(C(C)=O)c(NC(=O)c2nc3c(s2)CCC3)c1. The molecule has 1 amide bonds. The van der Waals surface area contributed by atoms with Crippen molar-refractivity contribution in [3.8, 4) is 5.75 Å². The van der Waals surface area contributed by atoms with Crippen LogP contribution >= 0.6 is 11.3 Å². The largest absolute Gasteiger partial charge is 0.497 e. The highest BCUT2D eigenvalue weighted by Gasteiger charge is 2.21. The number of carbonyl (C=O) groups excluding carboxylic acids is 2. The van der Waals surface area contributed by atoms with Gasteiger partial charge in [0, 0.05) is 16.5 Å². The molecule has 1 aliphatic rings. The Labute approximate surface area is 132 Å². The number of carbonyl (C=O) groups is 2. The predicted octanol–water partition coefficient (Wildman–Crippen LogP) is 3.10. The van der Waals surface area contributed by atoms with Gasteiger partial charge >= 0.3 is 0 Å². The summed E-state index contributed by atoms with van der Waals surface area (Å²) >= 11 is 1.43. The van der Waals surface area contributed by atoms with Gasteiger partial charge in [0.25, 0.3) is 5.91 Å². The van der Waals surface area contributed by atoms with Crippen molar-refractivity contribution in [3.63, 3.8) is 0 Å². The molecule has 3 rings (SSSR count). The summed E-state index contributed by atoms with van der Waals surface area (Å²) in [5, 5.41) is 3.23. The first-order chi connectivity index (χ1) is 10.6. The summed E-state index contributed by atoms with van der Waals surface area (Å²) in [6, 6.07) is 5.00. The lowest BCUT2D eigenvalue weighted by atomic mass is 10.1. The Morgan fingerprint density at radius 1 is 1.32 bits per heavy atom. The molecule has 6 heteroatoms. The number of aromatic nitrogens is 1. The Balaban J connectivity index is 1.87. The Bertz CT molecular complexity index is 730. The van der Waals surface area contributed by atoms with E-state index in [1.165, 1.54) is 23.1 Å². The molecule has 0 radical (unpaired) electrons. The predicted molar refractivity (Wildman–Crippen MR) is 85.1 cm³/mol. The molecular formula is C16H16N2O3S. The van der Waals surface area contributed by atoms with Crippen molar-refractivity contribution >= 4 is 28.7 Å². The van der Waals surface area contributed by atoms with E-state index < -0.39 is 0 Å². The first kappa shape index (κ1) is 14.7. The zero-order chi connectivity index (χ0) is 15.7. The molecule has 2 aromatic rings. The quantitative estimate of drug-likeness (QED) is 0.880. The lowest BCUT2D eigenvalue weighted by molar-refractivity contribution is 0.101. The third-order valence-corrected chi connectivity index (χ3v) is 4.80. The van der Waals surface area contributed by atoms with Crippen LogP contribution in [0.2, 0.25) is 0 Å². The number of rotatable bonds is 4. The summed E-state index contributed by atoms with van der Waals surface area (Å²) in [4.78, 5) is 29.7. The van der Waals surface area contributed by atoms with E-state index in [9.17, 15) is 9.59 Å². The molecule has 1 aliphatic carbocycles. The minimum atomic E-state index is -0.282. The number of methoxy groups -OCH3 is 1. The average molecular weight is 316 g/mol. The molecule has 0 atom stereocenters. The number of thiazole rings is 1. The van der Waals surface area contributed by atoms with Gasteiger partial charge in [0.1, 0.15) is 5.75 Å². The second kappa shape index (κ2) is 5.88. The fourth-order valence-electron chi connectivity index (χ4n) is 2.52. The number of ether oxygens (including phenoxy) is 1. The number of nitrogens with one attached hydrogen (secondary N) is 1. The number of ketones is 1. The molecule has 114 valence electrons. The topological polar surface area (TPSA) is 68.3 Å². The molecule has 1 N–H and O–H groups in total. The molecule has 1 aromatic carbocycles. The number of nitrogens with zero attached hydrogens (tertiary/aromatic N) is 1. The van der Waals surface area contributed by atoms with Crippen LogP contribution in [0.25, 0.3) is 0 Å². The molecule has 0 bridgehead atoms. The number of fused-ring (bicyclic) bond motifs is 1. The van der Waals surface area contributed by atoms with Crippen molar-refractivity contribution in [3.05, 3.63) is 39.3 Å². The number of hydrogen-bond acceptors (Lipinski definition) is 5. The van der Waals surface area contributed by atoms with Gasteiger partial charge in [-0.3, -0.25) is 9.59 Å². The van der Waals surface area contributed by atoms with Crippen LogP contribution in [0.3, 0.4) is 0 Å². The summed E-state index contributed by atoms with van der Waals surface area (Å²) in [6.45, 7) is 1.47. The van der Waals surface area contributed by atoms with E-state index in [2.05, 4.69) is 10.3 Å². The van der Waals surface area contributed by atoms with Gasteiger partial charge in [-0.15, -0.1) is 11.3 Å². The molecule has 22 heavy (non-hydrogen) atoms. The van der Waals surface area contributed by atoms with Crippen molar-refractivity contribution in [2.75, 3.05) is 12.4 Å². The van der Waals surface area contributed by atoms with Crippen molar-refractivity contribution < 1.29 is 14.3 Å². The van der Waals surface area contributed by atoms with E-state index in [0.717, 1.165) is 25.0 Å². The number of hydrogen-bond donors (Lipinski definition) is 1. The van der Waals surface area contributed by atoms with Crippen LogP contribution < -0.4 is 10.1 Å². The van der Waals surface area contributed by atoms with Gasteiger partial charge in [-0.05, 0) is 38.3 Å². The molecule has 1 heterocycles. The van der Waals surface area contributed by atoms with Crippen molar-refractivity contribution in [2.45, 2.75) is 26.2 Å². The summed E-state index contributed by atoms with van der Waals surface area (Å²) in [5.41, 5.74) is 1.94. The fourth-order valence-corrected chi connectivity index (χ4v) is 3.57. The van der Waals surface area contributed by atoms with Crippen molar-refractivity contribution in [1.82, 2.24) is 4.98 Å². The number of amides is 1. The lowest BCUT2D eigenvalue weighted by Gasteiger charge is -2.10. The maximum Gasteiger partial charge on any atom is 0.284 e. The van der Waals surface area contributed by atoms with E-state index in [-0.39, 0.29) is 11.7 Å². The minimum absolute atomic E-state index is 0.111. The van der Waals surface area contributed by atoms with Crippen molar-refractivity contribution in [1.29, 1.82) is 0 Å². The van der Waals surface area contributed by atoms with Crippen LogP contribution in [0.4, 0.5) is 5.69 Å². The maximum atomic E-state index is 12.4. The zero-order valence-electron chi connectivity index (χ0n) is 12.4. The second-order valence-corrected chi connectivity index (χ2v) is 6.25. The molecule has 0 aliphatic heterocycles. The standard InChI is InChI=1S/C16H16N2O3S/c1-9(19)11-7-6-10(21-2)8-13(11)17-15(20)16-18-12-4-3-5-14(12)22-16/h6-8H,3-5H2,1-2H3,(H,17,20). The third kappa shape index (κ3) is 2.74. The molecule has 1 aromatic heterocycles. The fraction of sp³-hybridized carbons (Fsp3) is 0.312. The molecule has 5 nitrogen and oxygen atoms in total. The zero-order valence-corrected chi connectivity index (χ0v) is 13.3. The highest BCUT2D eigenvalue weighted by atomic mass is 32.1. The average Bonchev–Trinajstić information content (AvgIpc) is 3.08. The van der Waals surface area contributed by atoms with Gasteiger partial charge < -0.3 is 10.1 Å². The van der Waals surface area contributed by atoms with Crippen molar-refractivity contribution in [2.24, 2.45) is 0 Å². The Kier molecular flexibility index (Phi) is 3.94. The van der Waals surface area contributed by atoms with Gasteiger partial charge in [-0.1, -0.05) is 0 Å². The normalized spacial score (nSPS) is 12.8. The van der Waals surface area contributed by atoms with E-state index in [1.807, 2.05) is 0 Å². The Morgan fingerprint density at radius 3 is 2.82 bits per heavy atom. The van der Waals surface area contributed by atoms with E-state index >= 15 is 0 Å². The number of anilines is 1. The Hall–Kier alpha value is -2.21. The monoisotopic (exact) mass is 316 g/mol. The highest BCUT2D eigenvalue weighted by molar-refractivity contribution is 7.13. The molecule has 0 saturated heterocycles. The summed E-state index contributed by atoms with van der Waals surface area (Å²) in [5.74, 6) is 0.191. The molecule has 0 saturated carbocycles. The molecular weight excluding hydrogens is 300 g/mol. The number of aryl methyl sites for hydroxylation is 2. The van der Waals surface area contributed by atoms with E-state index in [0.29, 0.717) is 22.0 Å². The minimum Gasteiger partial charge on any atom is -0.497 e. The Morgan fingerprint density at radius 2 is 2.14 bits per heavy atom. The number of Topliss-reactive ketones (excluding diaryl/α,β-unsaturated/α-hetero) is 1. The number of benzene rings is 1. The van der Waals surface area contributed by atoms with Crippen LogP contribution in [0.15, 0.2) is 18.2 Å². The van der Waals surface area contributed by atoms with Gasteiger partial charge in [-0.25, -0.2) is 4.98 Å². The summed E-state index contributed by atoms with van der Waals surface area (Å²) in [6.07, 6.45) is 3.05. The van der Waals surface area contributed by atoms with Gasteiger partial charge in [0.15, 0.2) is 10.8 Å². The second-order valence-electron chi connectivity index (χ2n) is 5.16. The van der Waals surface area contributed by atoms with Gasteiger partial charge in [-0.2, -0.15) is 0 Å². The third-order valence-electron chi connectivity index (χ3n) is 3.64. The van der Waals surface area contributed by atoms with E-state index in [4.69, 9.17) is 4.74 Å². The van der Waals surface area contributed by atoms with Gasteiger partial charge in [0.2, 0.25) is 0 Å². The maximum absolute atomic E-state index is 12.4. The van der Waals surface area contributed by atoms with Crippen LogP contribution in [-0.4, -0.2) is 23.8 Å². The smallest absolute Gasteiger partial charge is 0.284 e. The van der Waals surface area contributed by atoms with Crippen LogP contribution in [0.5, 0.6) is 5.75 Å². The first-order valence-electron chi connectivity index (χ1n) is 7.07.